The van der Waals surface area contributed by atoms with Crippen molar-refractivity contribution in [3.63, 3.8) is 0 Å². The minimum Gasteiger partial charge on any atom is -0.497 e. The lowest BCUT2D eigenvalue weighted by molar-refractivity contribution is -0.136. The summed E-state index contributed by atoms with van der Waals surface area (Å²) in [6.07, 6.45) is 0.497. The molecule has 0 saturated carbocycles. The molecule has 0 saturated heterocycles. The summed E-state index contributed by atoms with van der Waals surface area (Å²) in [5, 5.41) is 15.8. The molecule has 0 aliphatic heterocycles. The van der Waals surface area contributed by atoms with Gasteiger partial charge in [-0.2, -0.15) is 0 Å². The first-order valence-electron chi connectivity index (χ1n) is 6.62. The predicted octanol–water partition coefficient (Wildman–Crippen LogP) is 2.44. The average Bonchev–Trinajstić information content (AvgIpc) is 3.00. The van der Waals surface area contributed by atoms with Crippen LogP contribution in [-0.2, 0) is 4.79 Å². The Labute approximate surface area is 132 Å². The van der Waals surface area contributed by atoms with Gasteiger partial charge < -0.3 is 14.6 Å². The van der Waals surface area contributed by atoms with Crippen molar-refractivity contribution in [1.82, 2.24) is 15.2 Å². The van der Waals surface area contributed by atoms with Crippen LogP contribution in [0.1, 0.15) is 13.3 Å². The number of aromatic nitrogens is 3. The Kier molecular flexibility index (Phi) is 5.26. The summed E-state index contributed by atoms with van der Waals surface area (Å²) in [7, 11) is 3.14. The van der Waals surface area contributed by atoms with Crippen molar-refractivity contribution >= 4 is 17.7 Å². The van der Waals surface area contributed by atoms with Gasteiger partial charge in [-0.05, 0) is 18.6 Å². The standard InChI is InChI=1S/C14H17N3O4S/c1-4-11(13(18)19)22-14-15-12(16-17-14)8-5-9(20-2)7-10(6-8)21-3/h5-7,11H,4H2,1-3H3,(H,18,19)(H,15,16,17)/t11-/m0/s1. The summed E-state index contributed by atoms with van der Waals surface area (Å²) in [4.78, 5) is 15.4. The monoisotopic (exact) mass is 323 g/mol. The molecule has 0 aliphatic rings. The number of aliphatic carboxylic acids is 1. The molecule has 0 fully saturated rings. The molecular weight excluding hydrogens is 306 g/mol. The van der Waals surface area contributed by atoms with E-state index in [0.29, 0.717) is 28.9 Å². The lowest BCUT2D eigenvalue weighted by Gasteiger charge is -2.06. The van der Waals surface area contributed by atoms with Gasteiger partial charge in [-0.3, -0.25) is 9.89 Å². The molecule has 0 unspecified atom stereocenters. The molecule has 0 amide bonds. The molecule has 1 aromatic carbocycles. The van der Waals surface area contributed by atoms with E-state index in [1.54, 1.807) is 32.4 Å². The van der Waals surface area contributed by atoms with Crippen molar-refractivity contribution in [1.29, 1.82) is 0 Å². The number of hydrogen-bond acceptors (Lipinski definition) is 6. The van der Waals surface area contributed by atoms with E-state index in [1.165, 1.54) is 0 Å². The zero-order chi connectivity index (χ0) is 16.1. The van der Waals surface area contributed by atoms with E-state index < -0.39 is 11.2 Å². The molecule has 2 N–H and O–H groups in total. The zero-order valence-corrected chi connectivity index (χ0v) is 13.3. The van der Waals surface area contributed by atoms with Crippen LogP contribution in [-0.4, -0.2) is 45.7 Å². The molecule has 22 heavy (non-hydrogen) atoms. The van der Waals surface area contributed by atoms with E-state index in [-0.39, 0.29) is 0 Å². The maximum atomic E-state index is 11.1. The molecule has 0 radical (unpaired) electrons. The fourth-order valence-corrected chi connectivity index (χ4v) is 2.57. The van der Waals surface area contributed by atoms with E-state index >= 15 is 0 Å². The van der Waals surface area contributed by atoms with Gasteiger partial charge in [-0.25, -0.2) is 4.98 Å². The second-order valence-electron chi connectivity index (χ2n) is 4.42. The topological polar surface area (TPSA) is 97.3 Å². The Balaban J connectivity index is 2.26. The summed E-state index contributed by atoms with van der Waals surface area (Å²) in [5.74, 6) is 0.927. The van der Waals surface area contributed by atoms with Crippen LogP contribution in [0.2, 0.25) is 0 Å². The largest absolute Gasteiger partial charge is 0.497 e. The number of nitrogens with one attached hydrogen (secondary N) is 1. The van der Waals surface area contributed by atoms with Gasteiger partial charge in [0, 0.05) is 11.6 Å². The van der Waals surface area contributed by atoms with Gasteiger partial charge in [-0.15, -0.1) is 5.10 Å². The first kappa shape index (κ1) is 16.2. The van der Waals surface area contributed by atoms with Crippen LogP contribution in [0.4, 0.5) is 0 Å². The van der Waals surface area contributed by atoms with Crippen molar-refractivity contribution in [2.45, 2.75) is 23.8 Å². The molecule has 7 nitrogen and oxygen atoms in total. The van der Waals surface area contributed by atoms with Crippen molar-refractivity contribution in [3.05, 3.63) is 18.2 Å². The number of carboxylic acids is 1. The fourth-order valence-electron chi connectivity index (χ4n) is 1.81. The number of hydrogen-bond donors (Lipinski definition) is 2. The molecule has 0 spiro atoms. The van der Waals surface area contributed by atoms with Gasteiger partial charge in [0.1, 0.15) is 16.7 Å². The van der Waals surface area contributed by atoms with Crippen LogP contribution in [0, 0.1) is 0 Å². The van der Waals surface area contributed by atoms with Crippen LogP contribution in [0.15, 0.2) is 23.4 Å². The summed E-state index contributed by atoms with van der Waals surface area (Å²) >= 11 is 1.12. The SMILES string of the molecule is CC[C@H](Sc1n[nH]c(-c2cc(OC)cc(OC)c2)n1)C(=O)O. The highest BCUT2D eigenvalue weighted by Gasteiger charge is 2.19. The number of rotatable bonds is 7. The number of ether oxygens (including phenoxy) is 2. The van der Waals surface area contributed by atoms with E-state index in [4.69, 9.17) is 14.6 Å². The number of H-pyrrole nitrogens is 1. The Bertz CT molecular complexity index is 637. The quantitative estimate of drug-likeness (QED) is 0.755. The Morgan fingerprint density at radius 2 is 1.95 bits per heavy atom. The molecule has 2 rings (SSSR count). The van der Waals surface area contributed by atoms with E-state index in [1.807, 2.05) is 6.92 Å². The molecular formula is C14H17N3O4S. The third kappa shape index (κ3) is 3.70. The van der Waals surface area contributed by atoms with Crippen LogP contribution < -0.4 is 9.47 Å². The van der Waals surface area contributed by atoms with Crippen LogP contribution in [0.5, 0.6) is 11.5 Å². The van der Waals surface area contributed by atoms with Gasteiger partial charge in [0.25, 0.3) is 0 Å². The highest BCUT2D eigenvalue weighted by Crippen LogP contribution is 2.29. The fraction of sp³-hybridized carbons (Fsp3) is 0.357. The molecule has 0 aliphatic carbocycles. The van der Waals surface area contributed by atoms with Gasteiger partial charge in [0.15, 0.2) is 5.82 Å². The van der Waals surface area contributed by atoms with Crippen LogP contribution in [0.3, 0.4) is 0 Å². The van der Waals surface area contributed by atoms with Crippen molar-refractivity contribution in [2.24, 2.45) is 0 Å². The van der Waals surface area contributed by atoms with Gasteiger partial charge in [0.2, 0.25) is 5.16 Å². The number of carbonyl (C=O) groups is 1. The summed E-state index contributed by atoms with van der Waals surface area (Å²) in [5.41, 5.74) is 0.749. The zero-order valence-electron chi connectivity index (χ0n) is 12.5. The minimum absolute atomic E-state index is 0.394. The van der Waals surface area contributed by atoms with E-state index in [9.17, 15) is 4.79 Å². The second kappa shape index (κ2) is 7.17. The Hall–Kier alpha value is -2.22. The maximum absolute atomic E-state index is 11.1. The Morgan fingerprint density at radius 3 is 2.45 bits per heavy atom. The second-order valence-corrected chi connectivity index (χ2v) is 5.59. The highest BCUT2D eigenvalue weighted by atomic mass is 32.2. The first-order chi connectivity index (χ1) is 10.6. The van der Waals surface area contributed by atoms with E-state index in [2.05, 4.69) is 15.2 Å². The normalized spacial score (nSPS) is 12.0. The van der Waals surface area contributed by atoms with Crippen LogP contribution in [0.25, 0.3) is 11.4 Å². The van der Waals surface area contributed by atoms with Crippen LogP contribution >= 0.6 is 11.8 Å². The minimum atomic E-state index is -0.873. The molecule has 2 aromatic rings. The third-order valence-electron chi connectivity index (χ3n) is 2.98. The number of carboxylic acid groups (broad SMARTS) is 1. The Morgan fingerprint density at radius 1 is 1.32 bits per heavy atom. The highest BCUT2D eigenvalue weighted by molar-refractivity contribution is 8.00. The van der Waals surface area contributed by atoms with Gasteiger partial charge >= 0.3 is 5.97 Å². The number of benzene rings is 1. The van der Waals surface area contributed by atoms with E-state index in [0.717, 1.165) is 17.3 Å². The van der Waals surface area contributed by atoms with Gasteiger partial charge in [0.05, 0.1) is 14.2 Å². The van der Waals surface area contributed by atoms with Gasteiger partial charge in [-0.1, -0.05) is 18.7 Å². The summed E-state index contributed by atoms with van der Waals surface area (Å²) in [6, 6.07) is 5.35. The summed E-state index contributed by atoms with van der Waals surface area (Å²) < 4.78 is 10.4. The number of nitrogens with zero attached hydrogens (tertiary/aromatic N) is 2. The lowest BCUT2D eigenvalue weighted by Crippen LogP contribution is -2.14. The average molecular weight is 323 g/mol. The van der Waals surface area contributed by atoms with Crippen molar-refractivity contribution < 1.29 is 19.4 Å². The third-order valence-corrected chi connectivity index (χ3v) is 4.20. The molecule has 1 heterocycles. The summed E-state index contributed by atoms with van der Waals surface area (Å²) in [6.45, 7) is 1.81. The molecule has 1 atom stereocenters. The number of methoxy groups -OCH3 is 2. The smallest absolute Gasteiger partial charge is 0.317 e. The first-order valence-corrected chi connectivity index (χ1v) is 7.50. The van der Waals surface area contributed by atoms with Crippen molar-refractivity contribution in [3.8, 4) is 22.9 Å². The molecule has 1 aromatic heterocycles. The molecule has 8 heteroatoms. The maximum Gasteiger partial charge on any atom is 0.317 e. The lowest BCUT2D eigenvalue weighted by atomic mass is 10.2. The number of thioether (sulfide) groups is 1. The molecule has 0 bridgehead atoms. The number of aromatic amines is 1. The predicted molar refractivity (Wildman–Crippen MR) is 82.5 cm³/mol. The van der Waals surface area contributed by atoms with Crippen molar-refractivity contribution in [2.75, 3.05) is 14.2 Å². The molecule has 118 valence electrons.